The average Bonchev–Trinajstić information content (AvgIpc) is 2.87. The summed E-state index contributed by atoms with van der Waals surface area (Å²) in [5.74, 6) is -0.330. The van der Waals surface area contributed by atoms with E-state index in [1.807, 2.05) is 13.0 Å². The molecular weight excluding hydrogens is 316 g/mol. The number of carbonyl (C=O) groups excluding carboxylic acids is 1. The number of anilines is 1. The van der Waals surface area contributed by atoms with Gasteiger partial charge in [0.1, 0.15) is 5.00 Å². The quantitative estimate of drug-likeness (QED) is 0.559. The molecule has 0 saturated heterocycles. The van der Waals surface area contributed by atoms with Crippen LogP contribution in [-0.4, -0.2) is 36.2 Å². The Kier molecular flexibility index (Phi) is 8.42. The molecule has 1 N–H and O–H groups in total. The fourth-order valence-electron chi connectivity index (χ4n) is 2.06. The van der Waals surface area contributed by atoms with Crippen molar-refractivity contribution in [2.75, 3.05) is 25.5 Å². The summed E-state index contributed by atoms with van der Waals surface area (Å²) in [7, 11) is 1.40. The Bertz CT molecular complexity index is 492. The molecular formula is C16H26N2O2S2. The number of nitrogens with zero attached hydrogens (tertiary/aromatic N) is 1. The lowest BCUT2D eigenvalue weighted by molar-refractivity contribution is 0.0602. The molecule has 1 heterocycles. The fourth-order valence-corrected chi connectivity index (χ4v) is 3.31. The summed E-state index contributed by atoms with van der Waals surface area (Å²) in [4.78, 5) is 15.1. The van der Waals surface area contributed by atoms with Crippen molar-refractivity contribution >= 4 is 39.6 Å². The first kappa shape index (κ1) is 18.9. The van der Waals surface area contributed by atoms with Gasteiger partial charge < -0.3 is 15.0 Å². The van der Waals surface area contributed by atoms with Gasteiger partial charge in [0.25, 0.3) is 0 Å². The van der Waals surface area contributed by atoms with Crippen LogP contribution in [0.15, 0.2) is 6.07 Å². The number of methoxy groups -OCH3 is 1. The number of nitrogens with one attached hydrogen (secondary N) is 1. The molecule has 0 amide bonds. The normalized spacial score (nSPS) is 10.4. The fraction of sp³-hybridized carbons (Fsp3) is 0.625. The zero-order valence-electron chi connectivity index (χ0n) is 13.9. The van der Waals surface area contributed by atoms with Gasteiger partial charge in [-0.3, -0.25) is 0 Å². The van der Waals surface area contributed by atoms with Gasteiger partial charge in [0.15, 0.2) is 5.11 Å². The van der Waals surface area contributed by atoms with E-state index in [9.17, 15) is 4.79 Å². The molecule has 124 valence electrons. The Hall–Kier alpha value is -1.14. The van der Waals surface area contributed by atoms with E-state index < -0.39 is 0 Å². The van der Waals surface area contributed by atoms with Gasteiger partial charge in [0.2, 0.25) is 0 Å². The van der Waals surface area contributed by atoms with Crippen molar-refractivity contribution in [3.05, 3.63) is 16.5 Å². The molecule has 0 aliphatic carbocycles. The highest BCUT2D eigenvalue weighted by Crippen LogP contribution is 2.28. The molecule has 0 unspecified atom stereocenters. The van der Waals surface area contributed by atoms with Crippen LogP contribution < -0.4 is 5.32 Å². The molecule has 0 atom stereocenters. The van der Waals surface area contributed by atoms with E-state index in [1.54, 1.807) is 0 Å². The van der Waals surface area contributed by atoms with Gasteiger partial charge in [-0.05, 0) is 38.0 Å². The molecule has 0 saturated carbocycles. The van der Waals surface area contributed by atoms with Crippen molar-refractivity contribution in [2.24, 2.45) is 0 Å². The highest BCUT2D eigenvalue weighted by molar-refractivity contribution is 7.80. The van der Waals surface area contributed by atoms with Crippen LogP contribution in [0.5, 0.6) is 0 Å². The summed E-state index contributed by atoms with van der Waals surface area (Å²) in [6, 6.07) is 1.84. The number of hydrogen-bond donors (Lipinski definition) is 1. The minimum atomic E-state index is -0.330. The number of rotatable bonds is 8. The van der Waals surface area contributed by atoms with Crippen molar-refractivity contribution < 1.29 is 9.53 Å². The molecule has 1 aromatic rings. The van der Waals surface area contributed by atoms with Gasteiger partial charge in [-0.15, -0.1) is 11.3 Å². The van der Waals surface area contributed by atoms with Crippen LogP contribution >= 0.6 is 23.6 Å². The van der Waals surface area contributed by atoms with Gasteiger partial charge in [0, 0.05) is 18.0 Å². The van der Waals surface area contributed by atoms with Crippen LogP contribution in [-0.2, 0) is 4.74 Å². The van der Waals surface area contributed by atoms with Crippen LogP contribution in [0.4, 0.5) is 5.00 Å². The van der Waals surface area contributed by atoms with Crippen molar-refractivity contribution in [3.63, 3.8) is 0 Å². The molecule has 1 rings (SSSR count). The van der Waals surface area contributed by atoms with E-state index in [-0.39, 0.29) is 5.97 Å². The maximum absolute atomic E-state index is 11.8. The van der Waals surface area contributed by atoms with E-state index in [2.05, 4.69) is 24.1 Å². The monoisotopic (exact) mass is 342 g/mol. The van der Waals surface area contributed by atoms with Gasteiger partial charge in [0.05, 0.1) is 12.7 Å². The third-order valence-corrected chi connectivity index (χ3v) is 4.66. The number of thiocarbonyl (C=S) groups is 1. The lowest BCUT2D eigenvalue weighted by Crippen LogP contribution is -2.36. The first-order valence-electron chi connectivity index (χ1n) is 7.78. The second kappa shape index (κ2) is 9.79. The van der Waals surface area contributed by atoms with Crippen molar-refractivity contribution in [3.8, 4) is 0 Å². The predicted octanol–water partition coefficient (Wildman–Crippen LogP) is 4.44. The summed E-state index contributed by atoms with van der Waals surface area (Å²) in [5.41, 5.74) is 0.554. The van der Waals surface area contributed by atoms with Gasteiger partial charge >= 0.3 is 5.97 Å². The largest absolute Gasteiger partial charge is 0.465 e. The highest BCUT2D eigenvalue weighted by Gasteiger charge is 2.18. The lowest BCUT2D eigenvalue weighted by atomic mass is 10.2. The summed E-state index contributed by atoms with van der Waals surface area (Å²) in [6.07, 6.45) is 4.49. The molecule has 0 aromatic carbocycles. The van der Waals surface area contributed by atoms with E-state index >= 15 is 0 Å². The first-order chi connectivity index (χ1) is 10.5. The van der Waals surface area contributed by atoms with Crippen LogP contribution in [0.3, 0.4) is 0 Å². The summed E-state index contributed by atoms with van der Waals surface area (Å²) >= 11 is 7.07. The Balaban J connectivity index is 2.81. The number of thiophene rings is 1. The smallest absolute Gasteiger partial charge is 0.340 e. The SMILES string of the molecule is CCCCN(CCCC)C(=S)Nc1sc(C)cc1C(=O)OC. The second-order valence-corrected chi connectivity index (χ2v) is 6.86. The topological polar surface area (TPSA) is 41.6 Å². The molecule has 4 nitrogen and oxygen atoms in total. The summed E-state index contributed by atoms with van der Waals surface area (Å²) in [5, 5.41) is 4.70. The first-order valence-corrected chi connectivity index (χ1v) is 9.00. The van der Waals surface area contributed by atoms with Crippen molar-refractivity contribution in [1.82, 2.24) is 4.90 Å². The maximum Gasteiger partial charge on any atom is 0.340 e. The second-order valence-electron chi connectivity index (χ2n) is 5.22. The molecule has 22 heavy (non-hydrogen) atoms. The minimum absolute atomic E-state index is 0.330. The number of aryl methyl sites for hydroxylation is 1. The van der Waals surface area contributed by atoms with Crippen LogP contribution in [0.1, 0.15) is 54.8 Å². The third kappa shape index (κ3) is 5.57. The highest BCUT2D eigenvalue weighted by atomic mass is 32.1. The predicted molar refractivity (Wildman–Crippen MR) is 98.0 cm³/mol. The molecule has 0 radical (unpaired) electrons. The van der Waals surface area contributed by atoms with E-state index in [0.717, 1.165) is 48.7 Å². The molecule has 0 spiro atoms. The number of esters is 1. The van der Waals surface area contributed by atoms with E-state index in [1.165, 1.54) is 18.4 Å². The molecule has 0 fully saturated rings. The Morgan fingerprint density at radius 3 is 2.41 bits per heavy atom. The average molecular weight is 343 g/mol. The molecule has 1 aromatic heterocycles. The summed E-state index contributed by atoms with van der Waals surface area (Å²) in [6.45, 7) is 8.21. The van der Waals surface area contributed by atoms with Crippen LogP contribution in [0.2, 0.25) is 0 Å². The Labute approximate surface area is 142 Å². The lowest BCUT2D eigenvalue weighted by Gasteiger charge is -2.25. The Morgan fingerprint density at radius 1 is 1.32 bits per heavy atom. The van der Waals surface area contributed by atoms with Crippen LogP contribution in [0.25, 0.3) is 0 Å². The number of unbranched alkanes of at least 4 members (excludes halogenated alkanes) is 2. The standard InChI is InChI=1S/C16H26N2O2S2/c1-5-7-9-18(10-8-6-2)16(21)17-14-13(15(19)20-4)11-12(3)22-14/h11H,5-10H2,1-4H3,(H,17,21). The van der Waals surface area contributed by atoms with Gasteiger partial charge in [-0.25, -0.2) is 4.79 Å². The van der Waals surface area contributed by atoms with Crippen molar-refractivity contribution in [1.29, 1.82) is 0 Å². The molecule has 6 heteroatoms. The maximum atomic E-state index is 11.8. The minimum Gasteiger partial charge on any atom is -0.465 e. The zero-order chi connectivity index (χ0) is 16.5. The van der Waals surface area contributed by atoms with Gasteiger partial charge in [-0.2, -0.15) is 0 Å². The zero-order valence-corrected chi connectivity index (χ0v) is 15.5. The molecule has 0 aliphatic rings. The number of hydrogen-bond acceptors (Lipinski definition) is 4. The van der Waals surface area contributed by atoms with E-state index in [4.69, 9.17) is 17.0 Å². The van der Waals surface area contributed by atoms with E-state index in [0.29, 0.717) is 10.7 Å². The number of carbonyl (C=O) groups is 1. The van der Waals surface area contributed by atoms with Gasteiger partial charge in [-0.1, -0.05) is 26.7 Å². The summed E-state index contributed by atoms with van der Waals surface area (Å²) < 4.78 is 4.83. The molecule has 0 aliphatic heterocycles. The Morgan fingerprint density at radius 2 is 1.91 bits per heavy atom. The number of ether oxygens (including phenoxy) is 1. The van der Waals surface area contributed by atoms with Crippen LogP contribution in [0, 0.1) is 6.92 Å². The van der Waals surface area contributed by atoms with Crippen molar-refractivity contribution in [2.45, 2.75) is 46.5 Å². The third-order valence-electron chi connectivity index (χ3n) is 3.33. The molecule has 0 bridgehead atoms.